The van der Waals surface area contributed by atoms with Crippen LogP contribution in [0.1, 0.15) is 13.3 Å². The normalized spacial score (nSPS) is 22.4. The molecule has 16 heavy (non-hydrogen) atoms. The zero-order chi connectivity index (χ0) is 11.7. The topological polar surface area (TPSA) is 75.0 Å². The SMILES string of the molecule is CC(N)C1CCN(c2cn[nH]c(=O)c2Cl)C1. The Hall–Kier alpha value is -1.07. The fourth-order valence-corrected chi connectivity index (χ4v) is 2.24. The van der Waals surface area contributed by atoms with E-state index in [4.69, 9.17) is 17.3 Å². The summed E-state index contributed by atoms with van der Waals surface area (Å²) in [6.07, 6.45) is 2.62. The molecule has 6 heteroatoms. The summed E-state index contributed by atoms with van der Waals surface area (Å²) in [6, 6.07) is 0.165. The van der Waals surface area contributed by atoms with E-state index in [2.05, 4.69) is 15.1 Å². The molecule has 1 aromatic rings. The average Bonchev–Trinajstić information content (AvgIpc) is 2.71. The smallest absolute Gasteiger partial charge is 0.285 e. The second-order valence-corrected chi connectivity index (χ2v) is 4.63. The molecular weight excluding hydrogens is 228 g/mol. The number of aromatic nitrogens is 2. The van der Waals surface area contributed by atoms with Gasteiger partial charge in [0.1, 0.15) is 5.02 Å². The van der Waals surface area contributed by atoms with Gasteiger partial charge in [-0.05, 0) is 19.3 Å². The number of hydrogen-bond donors (Lipinski definition) is 2. The standard InChI is InChI=1S/C10H15ClN4O/c1-6(12)7-2-3-15(5-7)8-4-13-14-10(16)9(8)11/h4,6-7H,2-3,5,12H2,1H3,(H,14,16). The first-order chi connectivity index (χ1) is 7.59. The Morgan fingerprint density at radius 3 is 3.12 bits per heavy atom. The van der Waals surface area contributed by atoms with E-state index in [1.165, 1.54) is 0 Å². The number of hydrogen-bond acceptors (Lipinski definition) is 4. The summed E-state index contributed by atoms with van der Waals surface area (Å²) in [5, 5.41) is 6.28. The largest absolute Gasteiger partial charge is 0.369 e. The summed E-state index contributed by atoms with van der Waals surface area (Å²) >= 11 is 5.94. The third-order valence-electron chi connectivity index (χ3n) is 3.09. The summed E-state index contributed by atoms with van der Waals surface area (Å²) in [6.45, 7) is 3.71. The van der Waals surface area contributed by atoms with Gasteiger partial charge in [-0.3, -0.25) is 4.79 Å². The maximum absolute atomic E-state index is 11.3. The van der Waals surface area contributed by atoms with E-state index in [1.54, 1.807) is 6.20 Å². The van der Waals surface area contributed by atoms with Crippen LogP contribution in [0.4, 0.5) is 5.69 Å². The molecule has 5 nitrogen and oxygen atoms in total. The van der Waals surface area contributed by atoms with Crippen LogP contribution in [0, 0.1) is 5.92 Å². The Morgan fingerprint density at radius 1 is 1.75 bits per heavy atom. The maximum Gasteiger partial charge on any atom is 0.285 e. The number of nitrogens with zero attached hydrogens (tertiary/aromatic N) is 2. The van der Waals surface area contributed by atoms with Crippen molar-refractivity contribution in [3.8, 4) is 0 Å². The second kappa shape index (κ2) is 4.43. The van der Waals surface area contributed by atoms with Gasteiger partial charge in [0, 0.05) is 19.1 Å². The molecule has 1 aliphatic heterocycles. The minimum Gasteiger partial charge on any atom is -0.369 e. The number of aromatic amines is 1. The lowest BCUT2D eigenvalue weighted by atomic mass is 10.0. The van der Waals surface area contributed by atoms with Gasteiger partial charge < -0.3 is 10.6 Å². The molecule has 2 heterocycles. The molecule has 2 rings (SSSR count). The lowest BCUT2D eigenvalue weighted by molar-refractivity contribution is 0.488. The van der Waals surface area contributed by atoms with Gasteiger partial charge in [0.25, 0.3) is 5.56 Å². The molecular formula is C10H15ClN4O. The van der Waals surface area contributed by atoms with E-state index in [0.717, 1.165) is 19.5 Å². The third-order valence-corrected chi connectivity index (χ3v) is 3.45. The van der Waals surface area contributed by atoms with Gasteiger partial charge in [0.05, 0.1) is 11.9 Å². The van der Waals surface area contributed by atoms with E-state index < -0.39 is 0 Å². The zero-order valence-corrected chi connectivity index (χ0v) is 9.87. The van der Waals surface area contributed by atoms with E-state index in [1.807, 2.05) is 6.92 Å². The monoisotopic (exact) mass is 242 g/mol. The fraction of sp³-hybridized carbons (Fsp3) is 0.600. The van der Waals surface area contributed by atoms with Crippen LogP contribution < -0.4 is 16.2 Å². The van der Waals surface area contributed by atoms with Gasteiger partial charge in [-0.25, -0.2) is 5.10 Å². The Bertz CT molecular complexity index is 431. The second-order valence-electron chi connectivity index (χ2n) is 4.25. The minimum atomic E-state index is -0.344. The number of nitrogens with two attached hydrogens (primary N) is 1. The van der Waals surface area contributed by atoms with Gasteiger partial charge >= 0.3 is 0 Å². The summed E-state index contributed by atoms with van der Waals surface area (Å²) in [5.41, 5.74) is 6.22. The molecule has 0 spiro atoms. The molecule has 2 unspecified atom stereocenters. The van der Waals surface area contributed by atoms with Gasteiger partial charge in [-0.2, -0.15) is 5.10 Å². The number of anilines is 1. The lowest BCUT2D eigenvalue weighted by Gasteiger charge is -2.20. The molecule has 0 aliphatic carbocycles. The van der Waals surface area contributed by atoms with Gasteiger partial charge in [0.2, 0.25) is 0 Å². The van der Waals surface area contributed by atoms with Crippen LogP contribution in [0.15, 0.2) is 11.0 Å². The summed E-state index contributed by atoms with van der Waals surface area (Å²) < 4.78 is 0. The number of H-pyrrole nitrogens is 1. The molecule has 1 fully saturated rings. The van der Waals surface area contributed by atoms with Crippen LogP contribution in [-0.2, 0) is 0 Å². The van der Waals surface area contributed by atoms with Crippen LogP contribution in [0.2, 0.25) is 5.02 Å². The van der Waals surface area contributed by atoms with Crippen LogP contribution in [0.5, 0.6) is 0 Å². The Morgan fingerprint density at radius 2 is 2.50 bits per heavy atom. The van der Waals surface area contributed by atoms with Crippen molar-refractivity contribution in [2.45, 2.75) is 19.4 Å². The van der Waals surface area contributed by atoms with Gasteiger partial charge in [-0.1, -0.05) is 11.6 Å². The van der Waals surface area contributed by atoms with Crippen molar-refractivity contribution < 1.29 is 0 Å². The molecule has 2 atom stereocenters. The Kier molecular flexibility index (Phi) is 3.16. The predicted octanol–water partition coefficient (Wildman–Crippen LogP) is 0.597. The summed E-state index contributed by atoms with van der Waals surface area (Å²) in [4.78, 5) is 13.4. The van der Waals surface area contributed by atoms with E-state index in [9.17, 15) is 4.79 Å². The van der Waals surface area contributed by atoms with Crippen LogP contribution in [0.3, 0.4) is 0 Å². The van der Waals surface area contributed by atoms with Crippen molar-refractivity contribution >= 4 is 17.3 Å². The van der Waals surface area contributed by atoms with E-state index in [-0.39, 0.29) is 16.6 Å². The highest BCUT2D eigenvalue weighted by molar-refractivity contribution is 6.33. The van der Waals surface area contributed by atoms with Crippen molar-refractivity contribution in [3.63, 3.8) is 0 Å². The highest BCUT2D eigenvalue weighted by Crippen LogP contribution is 2.27. The van der Waals surface area contributed by atoms with Crippen LogP contribution in [0.25, 0.3) is 0 Å². The van der Waals surface area contributed by atoms with Crippen molar-refractivity contribution in [3.05, 3.63) is 21.6 Å². The predicted molar refractivity (Wildman–Crippen MR) is 63.8 cm³/mol. The molecule has 0 amide bonds. The molecule has 0 saturated carbocycles. The maximum atomic E-state index is 11.3. The average molecular weight is 243 g/mol. The van der Waals surface area contributed by atoms with Crippen molar-refractivity contribution in [2.75, 3.05) is 18.0 Å². The first kappa shape index (κ1) is 11.4. The van der Waals surface area contributed by atoms with Crippen molar-refractivity contribution in [1.82, 2.24) is 10.2 Å². The lowest BCUT2D eigenvalue weighted by Crippen LogP contribution is -2.30. The molecule has 1 saturated heterocycles. The highest BCUT2D eigenvalue weighted by atomic mass is 35.5. The van der Waals surface area contributed by atoms with Crippen molar-refractivity contribution in [2.24, 2.45) is 11.7 Å². The van der Waals surface area contributed by atoms with Crippen molar-refractivity contribution in [1.29, 1.82) is 0 Å². The third kappa shape index (κ3) is 2.05. The first-order valence-corrected chi connectivity index (χ1v) is 5.71. The van der Waals surface area contributed by atoms with Crippen LogP contribution in [-0.4, -0.2) is 29.3 Å². The quantitative estimate of drug-likeness (QED) is 0.796. The molecule has 0 aromatic carbocycles. The minimum absolute atomic E-state index is 0.165. The van der Waals surface area contributed by atoms with Gasteiger partial charge in [-0.15, -0.1) is 0 Å². The van der Waals surface area contributed by atoms with E-state index >= 15 is 0 Å². The Labute approximate surface area is 98.6 Å². The van der Waals surface area contributed by atoms with E-state index in [0.29, 0.717) is 11.6 Å². The molecule has 0 bridgehead atoms. The summed E-state index contributed by atoms with van der Waals surface area (Å²) in [7, 11) is 0. The molecule has 3 N–H and O–H groups in total. The number of nitrogens with one attached hydrogen (secondary N) is 1. The van der Waals surface area contributed by atoms with Crippen LogP contribution >= 0.6 is 11.6 Å². The van der Waals surface area contributed by atoms with Gasteiger partial charge in [0.15, 0.2) is 0 Å². The summed E-state index contributed by atoms with van der Waals surface area (Å²) in [5.74, 6) is 0.454. The Balaban J connectivity index is 2.21. The first-order valence-electron chi connectivity index (χ1n) is 5.33. The molecule has 1 aliphatic rings. The molecule has 88 valence electrons. The fourth-order valence-electron chi connectivity index (χ4n) is 2.03. The highest BCUT2D eigenvalue weighted by Gasteiger charge is 2.27. The molecule has 0 radical (unpaired) electrons. The number of halogens is 1. The zero-order valence-electron chi connectivity index (χ0n) is 9.11. The number of rotatable bonds is 2. The molecule has 1 aromatic heterocycles.